The van der Waals surface area contributed by atoms with Gasteiger partial charge in [-0.05, 0) is 31.5 Å². The maximum atomic E-state index is 12.0. The third kappa shape index (κ3) is 2.41. The molecule has 23 heavy (non-hydrogen) atoms. The number of carbonyl (C=O) groups is 1. The lowest BCUT2D eigenvalue weighted by atomic mass is 10.0. The summed E-state index contributed by atoms with van der Waals surface area (Å²) in [6.45, 7) is 2.09. The first kappa shape index (κ1) is 13.7. The zero-order valence-electron chi connectivity index (χ0n) is 12.6. The average molecular weight is 312 g/mol. The summed E-state index contributed by atoms with van der Waals surface area (Å²) in [7, 11) is 0. The molecule has 1 amide bonds. The molecule has 118 valence electrons. The predicted molar refractivity (Wildman–Crippen MR) is 81.0 cm³/mol. The van der Waals surface area contributed by atoms with Gasteiger partial charge >= 0.3 is 0 Å². The second-order valence-corrected chi connectivity index (χ2v) is 5.56. The topological polar surface area (TPSA) is 90.8 Å². The van der Waals surface area contributed by atoms with Crippen LogP contribution in [0.1, 0.15) is 41.8 Å². The van der Waals surface area contributed by atoms with Crippen LogP contribution in [-0.2, 0) is 6.42 Å². The first-order valence-electron chi connectivity index (χ1n) is 7.52. The molecule has 1 aliphatic rings. The molecular formula is C15H16N6O2. The van der Waals surface area contributed by atoms with Crippen molar-refractivity contribution in [1.29, 1.82) is 0 Å². The maximum Gasteiger partial charge on any atom is 0.293 e. The van der Waals surface area contributed by atoms with Gasteiger partial charge in [-0.3, -0.25) is 14.8 Å². The van der Waals surface area contributed by atoms with Gasteiger partial charge in [-0.2, -0.15) is 10.1 Å². The van der Waals surface area contributed by atoms with E-state index >= 15 is 0 Å². The number of rotatable bonds is 3. The number of aryl methyl sites for hydroxylation is 1. The van der Waals surface area contributed by atoms with Crippen LogP contribution in [-0.4, -0.2) is 30.5 Å². The lowest BCUT2D eigenvalue weighted by Crippen LogP contribution is -2.28. The van der Waals surface area contributed by atoms with E-state index in [2.05, 4.69) is 27.4 Å². The summed E-state index contributed by atoms with van der Waals surface area (Å²) < 4.78 is 8.89. The van der Waals surface area contributed by atoms with Crippen LogP contribution in [0.3, 0.4) is 0 Å². The van der Waals surface area contributed by atoms with Crippen LogP contribution < -0.4 is 5.32 Å². The van der Waals surface area contributed by atoms with Gasteiger partial charge in [0, 0.05) is 18.8 Å². The van der Waals surface area contributed by atoms with E-state index in [0.717, 1.165) is 18.7 Å². The quantitative estimate of drug-likeness (QED) is 0.799. The number of furan rings is 1. The van der Waals surface area contributed by atoms with Crippen molar-refractivity contribution in [2.45, 2.75) is 31.8 Å². The van der Waals surface area contributed by atoms with Crippen molar-refractivity contribution in [3.05, 3.63) is 48.4 Å². The second kappa shape index (κ2) is 5.38. The summed E-state index contributed by atoms with van der Waals surface area (Å²) in [5.41, 5.74) is 0. The van der Waals surface area contributed by atoms with Gasteiger partial charge in [-0.1, -0.05) is 0 Å². The van der Waals surface area contributed by atoms with Crippen LogP contribution in [0.25, 0.3) is 0 Å². The molecule has 8 heteroatoms. The van der Waals surface area contributed by atoms with E-state index in [1.54, 1.807) is 18.3 Å². The highest BCUT2D eigenvalue weighted by molar-refractivity contribution is 6.01. The number of aromatic nitrogens is 5. The van der Waals surface area contributed by atoms with Crippen molar-refractivity contribution in [3.8, 4) is 0 Å². The number of anilines is 1. The number of nitrogens with one attached hydrogen (secondary N) is 1. The van der Waals surface area contributed by atoms with E-state index in [4.69, 9.17) is 4.42 Å². The standard InChI is InChI=1S/C15H16N6O2/c1-10-11(20-8-3-7-16-20)5-6-13-17-15(19-21(10)13)18-14(22)12-4-2-9-23-12/h2-4,7-11H,5-6H2,1H3,(H,18,19,22). The molecule has 0 spiro atoms. The highest BCUT2D eigenvalue weighted by Gasteiger charge is 2.30. The highest BCUT2D eigenvalue weighted by atomic mass is 16.3. The monoisotopic (exact) mass is 312 g/mol. The molecule has 0 radical (unpaired) electrons. The van der Waals surface area contributed by atoms with Crippen LogP contribution in [0.2, 0.25) is 0 Å². The zero-order chi connectivity index (χ0) is 15.8. The lowest BCUT2D eigenvalue weighted by Gasteiger charge is -2.29. The minimum atomic E-state index is -0.353. The molecule has 0 saturated heterocycles. The molecule has 4 heterocycles. The summed E-state index contributed by atoms with van der Waals surface area (Å²) >= 11 is 0. The number of hydrogen-bond donors (Lipinski definition) is 1. The fraction of sp³-hybridized carbons (Fsp3) is 0.333. The molecule has 1 aliphatic heterocycles. The smallest absolute Gasteiger partial charge is 0.293 e. The predicted octanol–water partition coefficient (Wildman–Crippen LogP) is 2.07. The third-order valence-corrected chi connectivity index (χ3v) is 4.14. The minimum absolute atomic E-state index is 0.111. The van der Waals surface area contributed by atoms with E-state index in [0.29, 0.717) is 5.95 Å². The normalized spacial score (nSPS) is 20.2. The minimum Gasteiger partial charge on any atom is -0.459 e. The fourth-order valence-electron chi connectivity index (χ4n) is 2.99. The van der Waals surface area contributed by atoms with Gasteiger partial charge in [-0.25, -0.2) is 4.68 Å². The molecule has 0 saturated carbocycles. The Morgan fingerprint density at radius 3 is 3.09 bits per heavy atom. The first-order valence-corrected chi connectivity index (χ1v) is 7.52. The van der Waals surface area contributed by atoms with Crippen LogP contribution in [0.4, 0.5) is 5.95 Å². The first-order chi connectivity index (χ1) is 11.2. The number of nitrogens with zero attached hydrogens (tertiary/aromatic N) is 5. The molecule has 2 atom stereocenters. The van der Waals surface area contributed by atoms with Crippen molar-refractivity contribution in [3.63, 3.8) is 0 Å². The van der Waals surface area contributed by atoms with Crippen LogP contribution >= 0.6 is 0 Å². The molecule has 0 bridgehead atoms. The molecular weight excluding hydrogens is 296 g/mol. The van der Waals surface area contributed by atoms with Gasteiger partial charge in [0.05, 0.1) is 18.3 Å². The molecule has 3 aromatic rings. The van der Waals surface area contributed by atoms with Gasteiger partial charge < -0.3 is 4.42 Å². The SMILES string of the molecule is CC1C(n2cccn2)CCc2nc(NC(=O)c3ccco3)nn21. The number of amides is 1. The van der Waals surface area contributed by atoms with Crippen molar-refractivity contribution in [1.82, 2.24) is 24.5 Å². The lowest BCUT2D eigenvalue weighted by molar-refractivity contribution is 0.0995. The maximum absolute atomic E-state index is 12.0. The molecule has 0 fully saturated rings. The Kier molecular flexibility index (Phi) is 3.22. The summed E-state index contributed by atoms with van der Waals surface area (Å²) in [4.78, 5) is 16.4. The second-order valence-electron chi connectivity index (χ2n) is 5.56. The van der Waals surface area contributed by atoms with Gasteiger partial charge in [0.25, 0.3) is 5.91 Å². The highest BCUT2D eigenvalue weighted by Crippen LogP contribution is 2.32. The van der Waals surface area contributed by atoms with Gasteiger partial charge in [0.15, 0.2) is 5.76 Å². The van der Waals surface area contributed by atoms with E-state index in [-0.39, 0.29) is 23.8 Å². The molecule has 3 aromatic heterocycles. The Labute approximate surface area is 132 Å². The number of hydrogen-bond acceptors (Lipinski definition) is 5. The molecule has 0 aromatic carbocycles. The molecule has 1 N–H and O–H groups in total. The van der Waals surface area contributed by atoms with E-state index in [1.165, 1.54) is 6.26 Å². The molecule has 0 aliphatic carbocycles. The summed E-state index contributed by atoms with van der Waals surface area (Å²) in [6, 6.07) is 5.52. The zero-order valence-corrected chi connectivity index (χ0v) is 12.6. The number of carbonyl (C=O) groups excluding carboxylic acids is 1. The van der Waals surface area contributed by atoms with E-state index in [1.807, 2.05) is 21.6 Å². The Balaban J connectivity index is 1.56. The average Bonchev–Trinajstić information content (AvgIpc) is 3.29. The van der Waals surface area contributed by atoms with Gasteiger partial charge in [0.1, 0.15) is 5.82 Å². The van der Waals surface area contributed by atoms with Crippen molar-refractivity contribution < 1.29 is 9.21 Å². The molecule has 8 nitrogen and oxygen atoms in total. The molecule has 2 unspecified atom stereocenters. The van der Waals surface area contributed by atoms with Gasteiger partial charge in [0.2, 0.25) is 5.95 Å². The van der Waals surface area contributed by atoms with Crippen molar-refractivity contribution in [2.24, 2.45) is 0 Å². The van der Waals surface area contributed by atoms with Crippen LogP contribution in [0.5, 0.6) is 0 Å². The van der Waals surface area contributed by atoms with E-state index in [9.17, 15) is 4.79 Å². The van der Waals surface area contributed by atoms with Crippen LogP contribution in [0, 0.1) is 0 Å². The third-order valence-electron chi connectivity index (χ3n) is 4.14. The number of fused-ring (bicyclic) bond motifs is 1. The van der Waals surface area contributed by atoms with Gasteiger partial charge in [-0.15, -0.1) is 5.10 Å². The Bertz CT molecular complexity index is 805. The Hall–Kier alpha value is -2.90. The molecule has 4 rings (SSSR count). The van der Waals surface area contributed by atoms with Crippen LogP contribution in [0.15, 0.2) is 41.3 Å². The van der Waals surface area contributed by atoms with E-state index < -0.39 is 0 Å². The Morgan fingerprint density at radius 1 is 1.43 bits per heavy atom. The van der Waals surface area contributed by atoms with Crippen molar-refractivity contribution >= 4 is 11.9 Å². The summed E-state index contributed by atoms with van der Waals surface area (Å²) in [6.07, 6.45) is 6.92. The summed E-state index contributed by atoms with van der Waals surface area (Å²) in [5, 5.41) is 11.4. The fourth-order valence-corrected chi connectivity index (χ4v) is 2.99. The largest absolute Gasteiger partial charge is 0.459 e. The summed E-state index contributed by atoms with van der Waals surface area (Å²) in [5.74, 6) is 1.06. The Morgan fingerprint density at radius 2 is 2.35 bits per heavy atom. The van der Waals surface area contributed by atoms with Crippen molar-refractivity contribution in [2.75, 3.05) is 5.32 Å².